The van der Waals surface area contributed by atoms with Crippen molar-refractivity contribution in [3.05, 3.63) is 58.1 Å². The zero-order valence-corrected chi connectivity index (χ0v) is 12.3. The highest BCUT2D eigenvalue weighted by atomic mass is 79.9. The van der Waals surface area contributed by atoms with Crippen molar-refractivity contribution in [3.8, 4) is 5.75 Å². The molecule has 2 aromatic carbocycles. The van der Waals surface area contributed by atoms with Gasteiger partial charge in [0.15, 0.2) is 0 Å². The molecule has 19 heavy (non-hydrogen) atoms. The minimum absolute atomic E-state index is 0.135. The topological polar surface area (TPSA) is 38.3 Å². The fraction of sp³-hybridized carbons (Fsp3) is 0.133. The second kappa shape index (κ2) is 5.89. The highest BCUT2D eigenvalue weighted by Crippen LogP contribution is 2.22. The number of ether oxygens (including phenoxy) is 1. The van der Waals surface area contributed by atoms with Gasteiger partial charge in [-0.25, -0.2) is 0 Å². The number of nitrogens with one attached hydrogen (secondary N) is 1. The first-order valence-electron chi connectivity index (χ1n) is 5.81. The molecule has 0 heterocycles. The van der Waals surface area contributed by atoms with Crippen molar-refractivity contribution in [2.75, 3.05) is 12.4 Å². The van der Waals surface area contributed by atoms with Crippen LogP contribution in [0.2, 0.25) is 0 Å². The number of carbonyl (C=O) groups is 1. The summed E-state index contributed by atoms with van der Waals surface area (Å²) < 4.78 is 6.10. The van der Waals surface area contributed by atoms with E-state index < -0.39 is 0 Å². The van der Waals surface area contributed by atoms with Crippen LogP contribution in [0, 0.1) is 6.92 Å². The summed E-state index contributed by atoms with van der Waals surface area (Å²) in [5.74, 6) is 0.584. The maximum absolute atomic E-state index is 12.1. The largest absolute Gasteiger partial charge is 0.497 e. The molecule has 2 aromatic rings. The molecule has 0 fully saturated rings. The smallest absolute Gasteiger partial charge is 0.255 e. The van der Waals surface area contributed by atoms with Gasteiger partial charge in [-0.3, -0.25) is 4.79 Å². The predicted molar refractivity (Wildman–Crippen MR) is 79.8 cm³/mol. The summed E-state index contributed by atoms with van der Waals surface area (Å²) in [6.45, 7) is 1.94. The van der Waals surface area contributed by atoms with Crippen LogP contribution in [0.5, 0.6) is 5.75 Å². The number of anilines is 1. The van der Waals surface area contributed by atoms with Crippen LogP contribution in [-0.4, -0.2) is 13.0 Å². The van der Waals surface area contributed by atoms with Crippen LogP contribution in [0.25, 0.3) is 0 Å². The van der Waals surface area contributed by atoms with Gasteiger partial charge in [-0.05, 0) is 42.8 Å². The van der Waals surface area contributed by atoms with E-state index in [0.717, 1.165) is 21.5 Å². The summed E-state index contributed by atoms with van der Waals surface area (Å²) in [5, 5.41) is 2.89. The van der Waals surface area contributed by atoms with E-state index >= 15 is 0 Å². The van der Waals surface area contributed by atoms with Crippen molar-refractivity contribution in [3.63, 3.8) is 0 Å². The van der Waals surface area contributed by atoms with Gasteiger partial charge < -0.3 is 10.1 Å². The Hall–Kier alpha value is -1.81. The molecule has 0 unspecified atom stereocenters. The average molecular weight is 320 g/mol. The molecule has 0 aromatic heterocycles. The van der Waals surface area contributed by atoms with Crippen molar-refractivity contribution in [2.45, 2.75) is 6.92 Å². The summed E-state index contributed by atoms with van der Waals surface area (Å²) in [5.41, 5.74) is 2.36. The Morgan fingerprint density at radius 1 is 1.16 bits per heavy atom. The van der Waals surface area contributed by atoms with Gasteiger partial charge >= 0.3 is 0 Å². The number of aryl methyl sites for hydroxylation is 1. The molecule has 0 aliphatic heterocycles. The van der Waals surface area contributed by atoms with Crippen LogP contribution in [-0.2, 0) is 0 Å². The highest BCUT2D eigenvalue weighted by Gasteiger charge is 2.08. The number of hydrogen-bond donors (Lipinski definition) is 1. The van der Waals surface area contributed by atoms with Gasteiger partial charge in [-0.1, -0.05) is 22.0 Å². The van der Waals surface area contributed by atoms with Gasteiger partial charge in [0, 0.05) is 21.8 Å². The molecule has 0 atom stereocenters. The van der Waals surface area contributed by atoms with Crippen molar-refractivity contribution in [1.29, 1.82) is 0 Å². The van der Waals surface area contributed by atoms with Crippen molar-refractivity contribution >= 4 is 27.5 Å². The molecule has 2 rings (SSSR count). The second-order valence-electron chi connectivity index (χ2n) is 4.14. The fourth-order valence-electron chi connectivity index (χ4n) is 1.66. The SMILES string of the molecule is COc1ccc(C)c(NC(=O)c2ccc(Br)cc2)c1. The predicted octanol–water partition coefficient (Wildman–Crippen LogP) is 4.02. The van der Waals surface area contributed by atoms with E-state index in [0.29, 0.717) is 5.56 Å². The standard InChI is InChI=1S/C15H14BrNO2/c1-10-3-8-13(19-2)9-14(10)17-15(18)11-4-6-12(16)7-5-11/h3-9H,1-2H3,(H,17,18). The van der Waals surface area contributed by atoms with E-state index in [1.54, 1.807) is 19.2 Å². The number of hydrogen-bond acceptors (Lipinski definition) is 2. The summed E-state index contributed by atoms with van der Waals surface area (Å²) in [4.78, 5) is 12.1. The van der Waals surface area contributed by atoms with Crippen LogP contribution in [0.3, 0.4) is 0 Å². The van der Waals surface area contributed by atoms with Gasteiger partial charge in [0.05, 0.1) is 7.11 Å². The van der Waals surface area contributed by atoms with Gasteiger partial charge in [0.2, 0.25) is 0 Å². The lowest BCUT2D eigenvalue weighted by Crippen LogP contribution is -2.12. The van der Waals surface area contributed by atoms with Crippen molar-refractivity contribution in [2.24, 2.45) is 0 Å². The number of carbonyl (C=O) groups excluding carboxylic acids is 1. The normalized spacial score (nSPS) is 10.1. The van der Waals surface area contributed by atoms with E-state index in [2.05, 4.69) is 21.2 Å². The zero-order valence-electron chi connectivity index (χ0n) is 10.7. The molecule has 1 amide bonds. The highest BCUT2D eigenvalue weighted by molar-refractivity contribution is 9.10. The first-order valence-corrected chi connectivity index (χ1v) is 6.61. The van der Waals surface area contributed by atoms with Gasteiger partial charge in [-0.2, -0.15) is 0 Å². The van der Waals surface area contributed by atoms with Crippen LogP contribution < -0.4 is 10.1 Å². The molecule has 0 saturated carbocycles. The summed E-state index contributed by atoms with van der Waals surface area (Å²) in [6, 6.07) is 12.8. The molecule has 4 heteroatoms. The molecule has 1 N–H and O–H groups in total. The fourth-order valence-corrected chi connectivity index (χ4v) is 1.92. The Morgan fingerprint density at radius 3 is 2.47 bits per heavy atom. The zero-order chi connectivity index (χ0) is 13.8. The van der Waals surface area contributed by atoms with E-state index in [4.69, 9.17) is 4.74 Å². The Bertz CT molecular complexity index is 594. The number of benzene rings is 2. The van der Waals surface area contributed by atoms with Crippen molar-refractivity contribution < 1.29 is 9.53 Å². The molecule has 0 aliphatic rings. The third-order valence-electron chi connectivity index (χ3n) is 2.80. The summed E-state index contributed by atoms with van der Waals surface area (Å²) >= 11 is 3.34. The molecular formula is C15H14BrNO2. The van der Waals surface area contributed by atoms with E-state index in [1.165, 1.54) is 0 Å². The summed E-state index contributed by atoms with van der Waals surface area (Å²) in [6.07, 6.45) is 0. The van der Waals surface area contributed by atoms with E-state index in [1.807, 2.05) is 37.3 Å². The minimum Gasteiger partial charge on any atom is -0.497 e. The van der Waals surface area contributed by atoms with E-state index in [9.17, 15) is 4.79 Å². The maximum atomic E-state index is 12.1. The number of methoxy groups -OCH3 is 1. The molecule has 0 saturated heterocycles. The van der Waals surface area contributed by atoms with Crippen LogP contribution in [0.4, 0.5) is 5.69 Å². The molecule has 0 radical (unpaired) electrons. The first kappa shape index (κ1) is 13.6. The average Bonchev–Trinajstić information content (AvgIpc) is 2.42. The Morgan fingerprint density at radius 2 is 1.84 bits per heavy atom. The second-order valence-corrected chi connectivity index (χ2v) is 5.06. The number of halogens is 1. The third kappa shape index (κ3) is 3.35. The van der Waals surface area contributed by atoms with E-state index in [-0.39, 0.29) is 5.91 Å². The maximum Gasteiger partial charge on any atom is 0.255 e. The van der Waals surface area contributed by atoms with Crippen LogP contribution in [0.1, 0.15) is 15.9 Å². The Kier molecular flexibility index (Phi) is 4.22. The molecule has 0 aliphatic carbocycles. The minimum atomic E-state index is -0.135. The summed E-state index contributed by atoms with van der Waals surface area (Å²) in [7, 11) is 1.60. The molecule has 3 nitrogen and oxygen atoms in total. The lowest BCUT2D eigenvalue weighted by Gasteiger charge is -2.10. The first-order chi connectivity index (χ1) is 9.10. The van der Waals surface area contributed by atoms with Crippen LogP contribution in [0.15, 0.2) is 46.9 Å². The monoisotopic (exact) mass is 319 g/mol. The molecular weight excluding hydrogens is 306 g/mol. The Balaban J connectivity index is 2.21. The third-order valence-corrected chi connectivity index (χ3v) is 3.33. The molecule has 0 spiro atoms. The number of amides is 1. The molecule has 0 bridgehead atoms. The van der Waals surface area contributed by atoms with Gasteiger partial charge in [-0.15, -0.1) is 0 Å². The van der Waals surface area contributed by atoms with Crippen molar-refractivity contribution in [1.82, 2.24) is 0 Å². The number of rotatable bonds is 3. The Labute approximate surface area is 120 Å². The lowest BCUT2D eigenvalue weighted by atomic mass is 10.1. The van der Waals surface area contributed by atoms with Gasteiger partial charge in [0.25, 0.3) is 5.91 Å². The lowest BCUT2D eigenvalue weighted by molar-refractivity contribution is 0.102. The van der Waals surface area contributed by atoms with Crippen LogP contribution >= 0.6 is 15.9 Å². The quantitative estimate of drug-likeness (QED) is 0.928. The van der Waals surface area contributed by atoms with Gasteiger partial charge in [0.1, 0.15) is 5.75 Å². The molecule has 98 valence electrons.